The molecular weight excluding hydrogens is 243 g/mol. The number of aromatic nitrogens is 1. The van der Waals surface area contributed by atoms with Crippen molar-refractivity contribution in [1.82, 2.24) is 10.4 Å². The smallest absolute Gasteiger partial charge is 0.271 e. The van der Waals surface area contributed by atoms with E-state index < -0.39 is 18.6 Å². The molecule has 1 aromatic heterocycles. The molecule has 2 aromatic rings. The third-order valence-corrected chi connectivity index (χ3v) is 2.67. The molecule has 3 nitrogen and oxygen atoms in total. The van der Waals surface area contributed by atoms with Crippen LogP contribution in [0.5, 0.6) is 0 Å². The minimum absolute atomic E-state index is 0.473. The molecule has 0 radical (unpaired) electrons. The topological polar surface area (TPSA) is 50.9 Å². The zero-order valence-electron chi connectivity index (χ0n) is 9.41. The van der Waals surface area contributed by atoms with Gasteiger partial charge < -0.3 is 0 Å². The van der Waals surface area contributed by atoms with Gasteiger partial charge in [-0.3, -0.25) is 16.3 Å². The number of nitrogens with two attached hydrogens (primary N) is 1. The van der Waals surface area contributed by atoms with Gasteiger partial charge in [0.1, 0.15) is 0 Å². The van der Waals surface area contributed by atoms with Gasteiger partial charge in [0.2, 0.25) is 0 Å². The number of halogens is 3. The number of hydrogen-bond acceptors (Lipinski definition) is 3. The van der Waals surface area contributed by atoms with Gasteiger partial charge in [-0.05, 0) is 17.7 Å². The molecule has 1 heterocycles. The van der Waals surface area contributed by atoms with Gasteiger partial charge in [0.15, 0.2) is 0 Å². The van der Waals surface area contributed by atoms with Crippen LogP contribution in [-0.4, -0.2) is 11.2 Å². The highest BCUT2D eigenvalue weighted by molar-refractivity contribution is 5.78. The van der Waals surface area contributed by atoms with Crippen LogP contribution >= 0.6 is 0 Å². The molecule has 18 heavy (non-hydrogen) atoms. The highest BCUT2D eigenvalue weighted by Gasteiger charge is 2.32. The lowest BCUT2D eigenvalue weighted by Gasteiger charge is -2.18. The summed E-state index contributed by atoms with van der Waals surface area (Å²) in [6, 6.07) is 7.64. The Bertz CT molecular complexity index is 539. The Hall–Kier alpha value is -1.66. The standard InChI is InChI=1S/C12H12F3N3/c13-12(14,15)7-11(18-16)9-4-3-8-2-1-5-17-10(8)6-9/h1-6,11,18H,7,16H2. The molecule has 0 amide bonds. The molecule has 0 aliphatic carbocycles. The van der Waals surface area contributed by atoms with Crippen molar-refractivity contribution >= 4 is 10.9 Å². The maximum absolute atomic E-state index is 12.4. The van der Waals surface area contributed by atoms with Crippen molar-refractivity contribution in [2.45, 2.75) is 18.6 Å². The minimum Gasteiger partial charge on any atom is -0.271 e. The van der Waals surface area contributed by atoms with Gasteiger partial charge in [0.05, 0.1) is 18.0 Å². The molecule has 6 heteroatoms. The third kappa shape index (κ3) is 2.96. The van der Waals surface area contributed by atoms with Gasteiger partial charge in [0, 0.05) is 11.6 Å². The number of hydrazine groups is 1. The van der Waals surface area contributed by atoms with E-state index >= 15 is 0 Å². The summed E-state index contributed by atoms with van der Waals surface area (Å²) >= 11 is 0. The second-order valence-corrected chi connectivity index (χ2v) is 3.99. The lowest BCUT2D eigenvalue weighted by Crippen LogP contribution is -2.31. The molecule has 96 valence electrons. The maximum Gasteiger partial charge on any atom is 0.390 e. The number of nitrogens with one attached hydrogen (secondary N) is 1. The number of hydrogen-bond donors (Lipinski definition) is 2. The first-order valence-electron chi connectivity index (χ1n) is 5.37. The molecule has 0 aliphatic heterocycles. The zero-order valence-corrected chi connectivity index (χ0v) is 9.41. The first-order valence-corrected chi connectivity index (χ1v) is 5.37. The first kappa shape index (κ1) is 12.8. The molecule has 0 saturated heterocycles. The van der Waals surface area contributed by atoms with Crippen molar-refractivity contribution in [3.8, 4) is 0 Å². The van der Waals surface area contributed by atoms with E-state index in [2.05, 4.69) is 10.4 Å². The molecule has 0 aliphatic rings. The van der Waals surface area contributed by atoms with Crippen LogP contribution in [0.2, 0.25) is 0 Å². The van der Waals surface area contributed by atoms with Crippen LogP contribution in [0.15, 0.2) is 36.5 Å². The van der Waals surface area contributed by atoms with Crippen LogP contribution in [0.25, 0.3) is 10.9 Å². The molecule has 1 aromatic carbocycles. The van der Waals surface area contributed by atoms with Gasteiger partial charge in [-0.1, -0.05) is 18.2 Å². The molecule has 1 unspecified atom stereocenters. The van der Waals surface area contributed by atoms with E-state index in [0.717, 1.165) is 5.39 Å². The molecule has 0 saturated carbocycles. The highest BCUT2D eigenvalue weighted by Crippen LogP contribution is 2.30. The number of nitrogens with zero attached hydrogens (tertiary/aromatic N) is 1. The molecule has 0 bridgehead atoms. The van der Waals surface area contributed by atoms with Crippen molar-refractivity contribution < 1.29 is 13.2 Å². The lowest BCUT2D eigenvalue weighted by atomic mass is 10.0. The monoisotopic (exact) mass is 255 g/mol. The largest absolute Gasteiger partial charge is 0.390 e. The second kappa shape index (κ2) is 4.91. The van der Waals surface area contributed by atoms with Crippen molar-refractivity contribution in [3.05, 3.63) is 42.1 Å². The molecule has 3 N–H and O–H groups in total. The molecular formula is C12H12F3N3. The Morgan fingerprint density at radius 3 is 2.72 bits per heavy atom. The predicted octanol–water partition coefficient (Wildman–Crippen LogP) is 2.69. The van der Waals surface area contributed by atoms with Crippen molar-refractivity contribution in [3.63, 3.8) is 0 Å². The zero-order chi connectivity index (χ0) is 13.2. The van der Waals surface area contributed by atoms with Crippen LogP contribution in [0, 0.1) is 0 Å². The van der Waals surface area contributed by atoms with E-state index in [4.69, 9.17) is 5.84 Å². The summed E-state index contributed by atoms with van der Waals surface area (Å²) < 4.78 is 37.1. The van der Waals surface area contributed by atoms with E-state index in [1.54, 1.807) is 30.5 Å². The summed E-state index contributed by atoms with van der Waals surface area (Å²) in [5.74, 6) is 5.19. The number of rotatable bonds is 3. The SMILES string of the molecule is NNC(CC(F)(F)F)c1ccc2cccnc2c1. The Labute approximate surface area is 102 Å². The molecule has 1 atom stereocenters. The summed E-state index contributed by atoms with van der Waals surface area (Å²) in [5, 5.41) is 0.879. The van der Waals surface area contributed by atoms with Gasteiger partial charge in [-0.2, -0.15) is 13.2 Å². The fourth-order valence-electron chi connectivity index (χ4n) is 1.80. The number of alkyl halides is 3. The molecule has 0 spiro atoms. The van der Waals surface area contributed by atoms with Gasteiger partial charge in [-0.25, -0.2) is 0 Å². The minimum atomic E-state index is -4.27. The van der Waals surface area contributed by atoms with Crippen molar-refractivity contribution in [2.24, 2.45) is 5.84 Å². The molecule has 0 fully saturated rings. The highest BCUT2D eigenvalue weighted by atomic mass is 19.4. The summed E-state index contributed by atoms with van der Waals surface area (Å²) in [4.78, 5) is 4.11. The number of fused-ring (bicyclic) bond motifs is 1. The van der Waals surface area contributed by atoms with Crippen LogP contribution in [-0.2, 0) is 0 Å². The Morgan fingerprint density at radius 2 is 2.06 bits per heavy atom. The maximum atomic E-state index is 12.4. The second-order valence-electron chi connectivity index (χ2n) is 3.99. The third-order valence-electron chi connectivity index (χ3n) is 2.67. The number of benzene rings is 1. The van der Waals surface area contributed by atoms with E-state index in [-0.39, 0.29) is 0 Å². The van der Waals surface area contributed by atoms with Crippen molar-refractivity contribution in [1.29, 1.82) is 0 Å². The van der Waals surface area contributed by atoms with Crippen LogP contribution in [0.4, 0.5) is 13.2 Å². The van der Waals surface area contributed by atoms with Gasteiger partial charge in [-0.15, -0.1) is 0 Å². The van der Waals surface area contributed by atoms with Gasteiger partial charge in [0.25, 0.3) is 0 Å². The number of pyridine rings is 1. The first-order chi connectivity index (χ1) is 8.49. The van der Waals surface area contributed by atoms with E-state index in [1.807, 2.05) is 6.07 Å². The summed E-state index contributed by atoms with van der Waals surface area (Å²) in [6.45, 7) is 0. The average Bonchev–Trinajstić information content (AvgIpc) is 2.34. The van der Waals surface area contributed by atoms with E-state index in [0.29, 0.717) is 11.1 Å². The average molecular weight is 255 g/mol. The van der Waals surface area contributed by atoms with Crippen LogP contribution < -0.4 is 11.3 Å². The Balaban J connectivity index is 2.33. The predicted molar refractivity (Wildman–Crippen MR) is 62.5 cm³/mol. The fourth-order valence-corrected chi connectivity index (χ4v) is 1.80. The van der Waals surface area contributed by atoms with Crippen molar-refractivity contribution in [2.75, 3.05) is 0 Å². The normalized spacial score (nSPS) is 13.8. The van der Waals surface area contributed by atoms with E-state index in [1.165, 1.54) is 0 Å². The lowest BCUT2D eigenvalue weighted by molar-refractivity contribution is -0.140. The van der Waals surface area contributed by atoms with E-state index in [9.17, 15) is 13.2 Å². The van der Waals surface area contributed by atoms with Gasteiger partial charge >= 0.3 is 6.18 Å². The fraction of sp³-hybridized carbons (Fsp3) is 0.250. The Kier molecular flexibility index (Phi) is 3.49. The van der Waals surface area contributed by atoms with Crippen LogP contribution in [0.1, 0.15) is 18.0 Å². The summed E-state index contributed by atoms with van der Waals surface area (Å²) in [5.41, 5.74) is 3.32. The van der Waals surface area contributed by atoms with Crippen LogP contribution in [0.3, 0.4) is 0 Å². The summed E-state index contributed by atoms with van der Waals surface area (Å²) in [7, 11) is 0. The Morgan fingerprint density at radius 1 is 1.28 bits per heavy atom. The summed E-state index contributed by atoms with van der Waals surface area (Å²) in [6.07, 6.45) is -3.68. The quantitative estimate of drug-likeness (QED) is 0.655. The molecule has 2 rings (SSSR count).